The molecule has 0 saturated heterocycles. The van der Waals surface area contributed by atoms with Crippen LogP contribution in [0, 0.1) is 6.92 Å². The van der Waals surface area contributed by atoms with Gasteiger partial charge < -0.3 is 9.64 Å². The van der Waals surface area contributed by atoms with E-state index in [0.717, 1.165) is 23.7 Å². The van der Waals surface area contributed by atoms with E-state index in [9.17, 15) is 4.79 Å². The molecule has 1 aliphatic rings. The molecular weight excluding hydrogens is 236 g/mol. The molecule has 0 unspecified atom stereocenters. The lowest BCUT2D eigenvalue weighted by atomic mass is 10.2. The molecule has 2 rings (SSSR count). The Labute approximate surface area is 107 Å². The summed E-state index contributed by atoms with van der Waals surface area (Å²) in [7, 11) is 0. The van der Waals surface area contributed by atoms with E-state index in [1.165, 1.54) is 4.88 Å². The number of aromatic nitrogens is 1. The van der Waals surface area contributed by atoms with E-state index in [4.69, 9.17) is 4.74 Å². The lowest BCUT2D eigenvalue weighted by Gasteiger charge is -2.24. The Hall–Kier alpha value is -1.10. The van der Waals surface area contributed by atoms with E-state index in [1.807, 2.05) is 27.7 Å². The van der Waals surface area contributed by atoms with E-state index < -0.39 is 0 Å². The van der Waals surface area contributed by atoms with Crippen LogP contribution in [-0.4, -0.2) is 29.1 Å². The Kier molecular flexibility index (Phi) is 5.41. The van der Waals surface area contributed by atoms with E-state index >= 15 is 0 Å². The van der Waals surface area contributed by atoms with Gasteiger partial charge in [-0.3, -0.25) is 0 Å². The quantitative estimate of drug-likeness (QED) is 0.775. The molecule has 0 aliphatic carbocycles. The second kappa shape index (κ2) is 6.59. The second-order valence-electron chi connectivity index (χ2n) is 3.47. The first-order chi connectivity index (χ1) is 8.20. The lowest BCUT2D eigenvalue weighted by molar-refractivity contribution is 0.103. The summed E-state index contributed by atoms with van der Waals surface area (Å²) in [6, 6.07) is 0. The summed E-state index contributed by atoms with van der Waals surface area (Å²) in [4.78, 5) is 18.9. The topological polar surface area (TPSA) is 42.4 Å². The summed E-state index contributed by atoms with van der Waals surface area (Å²) in [6.07, 6.45) is 0.632. The standard InChI is InChI=1S/C10H14N2O2S.C2H6/c1-3-14-10(13)12-5-4-8-9(6-12)15-7(2)11-8;1-2/h3-6H2,1-2H3;1-2H3. The fourth-order valence-electron chi connectivity index (χ4n) is 1.70. The van der Waals surface area contributed by atoms with Crippen LogP contribution < -0.4 is 0 Å². The van der Waals surface area contributed by atoms with Crippen LogP contribution in [0.15, 0.2) is 0 Å². The van der Waals surface area contributed by atoms with Gasteiger partial charge >= 0.3 is 6.09 Å². The average molecular weight is 256 g/mol. The Morgan fingerprint density at radius 3 is 2.88 bits per heavy atom. The number of hydrogen-bond donors (Lipinski definition) is 0. The minimum Gasteiger partial charge on any atom is -0.450 e. The van der Waals surface area contributed by atoms with E-state index in [2.05, 4.69) is 4.98 Å². The van der Waals surface area contributed by atoms with Crippen molar-refractivity contribution in [3.05, 3.63) is 15.6 Å². The molecule has 1 aromatic rings. The zero-order valence-electron chi connectivity index (χ0n) is 10.9. The summed E-state index contributed by atoms with van der Waals surface area (Å²) < 4.78 is 4.97. The van der Waals surface area contributed by atoms with Gasteiger partial charge in [0, 0.05) is 17.8 Å². The molecule has 4 nitrogen and oxygen atoms in total. The molecule has 1 amide bonds. The van der Waals surface area contributed by atoms with Crippen LogP contribution in [0.25, 0.3) is 0 Å². The van der Waals surface area contributed by atoms with E-state index in [-0.39, 0.29) is 6.09 Å². The van der Waals surface area contributed by atoms with Crippen molar-refractivity contribution in [2.24, 2.45) is 0 Å². The molecule has 1 aliphatic heterocycles. The molecule has 0 atom stereocenters. The maximum absolute atomic E-state index is 11.5. The third kappa shape index (κ3) is 3.43. The summed E-state index contributed by atoms with van der Waals surface area (Å²) in [6.45, 7) is 9.63. The zero-order chi connectivity index (χ0) is 12.8. The molecule has 5 heteroatoms. The number of nitrogens with zero attached hydrogens (tertiary/aromatic N) is 2. The zero-order valence-corrected chi connectivity index (χ0v) is 11.8. The third-order valence-electron chi connectivity index (χ3n) is 2.36. The van der Waals surface area contributed by atoms with Crippen LogP contribution in [0.2, 0.25) is 0 Å². The first kappa shape index (κ1) is 14.0. The van der Waals surface area contributed by atoms with Gasteiger partial charge in [0.1, 0.15) is 0 Å². The average Bonchev–Trinajstić information content (AvgIpc) is 2.71. The number of fused-ring (bicyclic) bond motifs is 1. The Morgan fingerprint density at radius 2 is 2.24 bits per heavy atom. The highest BCUT2D eigenvalue weighted by molar-refractivity contribution is 7.11. The molecule has 1 aromatic heterocycles. The molecule has 0 aromatic carbocycles. The van der Waals surface area contributed by atoms with Crippen molar-refractivity contribution >= 4 is 17.4 Å². The fourth-order valence-corrected chi connectivity index (χ4v) is 2.69. The highest BCUT2D eigenvalue weighted by Crippen LogP contribution is 2.24. The van der Waals surface area contributed by atoms with Gasteiger partial charge in [-0.2, -0.15) is 0 Å². The maximum Gasteiger partial charge on any atom is 0.410 e. The molecular formula is C12H20N2O2S. The summed E-state index contributed by atoms with van der Waals surface area (Å²) in [5, 5.41) is 1.07. The predicted octanol–water partition coefficient (Wildman–Crippen LogP) is 2.99. The van der Waals surface area contributed by atoms with Crippen molar-refractivity contribution in [1.82, 2.24) is 9.88 Å². The molecule has 0 bridgehead atoms. The summed E-state index contributed by atoms with van der Waals surface area (Å²) >= 11 is 1.67. The molecule has 0 fully saturated rings. The molecule has 0 N–H and O–H groups in total. The smallest absolute Gasteiger partial charge is 0.410 e. The number of ether oxygens (including phenoxy) is 1. The van der Waals surface area contributed by atoms with Crippen molar-refractivity contribution in [3.63, 3.8) is 0 Å². The van der Waals surface area contributed by atoms with Gasteiger partial charge in [0.2, 0.25) is 0 Å². The largest absolute Gasteiger partial charge is 0.450 e. The van der Waals surface area contributed by atoms with Gasteiger partial charge in [-0.15, -0.1) is 11.3 Å². The van der Waals surface area contributed by atoms with Gasteiger partial charge in [-0.05, 0) is 13.8 Å². The van der Waals surface area contributed by atoms with E-state index in [1.54, 1.807) is 16.2 Å². The lowest BCUT2D eigenvalue weighted by Crippen LogP contribution is -2.35. The fraction of sp³-hybridized carbons (Fsp3) is 0.667. The van der Waals surface area contributed by atoms with Crippen molar-refractivity contribution < 1.29 is 9.53 Å². The van der Waals surface area contributed by atoms with Crippen LogP contribution >= 0.6 is 11.3 Å². The van der Waals surface area contributed by atoms with Gasteiger partial charge in [-0.1, -0.05) is 13.8 Å². The monoisotopic (exact) mass is 256 g/mol. The SMILES string of the molecule is CC.CCOC(=O)N1CCc2nc(C)sc2C1. The molecule has 2 heterocycles. The van der Waals surface area contributed by atoms with Crippen molar-refractivity contribution in [2.45, 2.75) is 40.7 Å². The number of rotatable bonds is 1. The van der Waals surface area contributed by atoms with Gasteiger partial charge in [0.15, 0.2) is 0 Å². The highest BCUT2D eigenvalue weighted by Gasteiger charge is 2.23. The summed E-state index contributed by atoms with van der Waals surface area (Å²) in [5.41, 5.74) is 1.15. The van der Waals surface area contributed by atoms with E-state index in [0.29, 0.717) is 13.2 Å². The minimum atomic E-state index is -0.214. The van der Waals surface area contributed by atoms with Gasteiger partial charge in [0.25, 0.3) is 0 Å². The second-order valence-corrected chi connectivity index (χ2v) is 4.76. The van der Waals surface area contributed by atoms with Crippen LogP contribution in [0.4, 0.5) is 4.79 Å². The third-order valence-corrected chi connectivity index (χ3v) is 3.36. The van der Waals surface area contributed by atoms with Crippen LogP contribution in [0.3, 0.4) is 0 Å². The number of thiazole rings is 1. The molecule has 0 radical (unpaired) electrons. The first-order valence-corrected chi connectivity index (χ1v) is 6.89. The number of carbonyl (C=O) groups excluding carboxylic acids is 1. The first-order valence-electron chi connectivity index (χ1n) is 6.07. The van der Waals surface area contributed by atoms with Gasteiger partial charge in [-0.25, -0.2) is 9.78 Å². The normalized spacial score (nSPS) is 13.5. The molecule has 17 heavy (non-hydrogen) atoms. The van der Waals surface area contributed by atoms with Crippen molar-refractivity contribution in [3.8, 4) is 0 Å². The van der Waals surface area contributed by atoms with Crippen LogP contribution in [0.1, 0.15) is 36.3 Å². The van der Waals surface area contributed by atoms with Crippen LogP contribution in [-0.2, 0) is 17.7 Å². The number of carbonyl (C=O) groups is 1. The molecule has 0 spiro atoms. The Bertz CT molecular complexity index is 377. The van der Waals surface area contributed by atoms with Crippen molar-refractivity contribution in [1.29, 1.82) is 0 Å². The predicted molar refractivity (Wildman–Crippen MR) is 69.3 cm³/mol. The van der Waals surface area contributed by atoms with Gasteiger partial charge in [0.05, 0.1) is 23.9 Å². The molecule has 0 saturated carbocycles. The Balaban J connectivity index is 0.000000686. The number of hydrogen-bond acceptors (Lipinski definition) is 4. The highest BCUT2D eigenvalue weighted by atomic mass is 32.1. The Morgan fingerprint density at radius 1 is 1.53 bits per heavy atom. The van der Waals surface area contributed by atoms with Crippen molar-refractivity contribution in [2.75, 3.05) is 13.2 Å². The minimum absolute atomic E-state index is 0.214. The van der Waals surface area contributed by atoms with Crippen LogP contribution in [0.5, 0.6) is 0 Å². The molecule has 96 valence electrons. The number of amides is 1. The number of aryl methyl sites for hydroxylation is 1. The summed E-state index contributed by atoms with van der Waals surface area (Å²) in [5.74, 6) is 0. The maximum atomic E-state index is 11.5.